The molecule has 12 heteroatoms. The predicted octanol–water partition coefficient (Wildman–Crippen LogP) is 2.12. The largest absolute Gasteiger partial charge is 0.480 e. The topological polar surface area (TPSA) is 173 Å². The van der Waals surface area contributed by atoms with Crippen LogP contribution in [0.25, 0.3) is 10.8 Å². The van der Waals surface area contributed by atoms with E-state index in [-0.39, 0.29) is 25.8 Å². The van der Waals surface area contributed by atoms with E-state index in [1.165, 1.54) is 0 Å². The molecule has 5 rings (SSSR count). The molecule has 2 aliphatic heterocycles. The van der Waals surface area contributed by atoms with E-state index in [9.17, 15) is 38.6 Å². The van der Waals surface area contributed by atoms with Gasteiger partial charge in [-0.1, -0.05) is 54.6 Å². The van der Waals surface area contributed by atoms with Gasteiger partial charge in [-0.3, -0.25) is 29.2 Å². The van der Waals surface area contributed by atoms with Crippen LogP contribution in [0.1, 0.15) is 39.1 Å². The smallest absolute Gasteiger partial charge is 0.342 e. The number of amides is 3. The van der Waals surface area contributed by atoms with Gasteiger partial charge in [0, 0.05) is 29.5 Å². The summed E-state index contributed by atoms with van der Waals surface area (Å²) in [5.74, 6) is -5.08. The SMILES string of the molecule is O=C(O)[C@H](Cc1ccccc1)NC(=O)[C@H]1C[C@H](CCN2C(=O)c3cccc4cccc(c34)C2=O)[C@@H](P(=O)(O)O)N1. The molecule has 0 saturated carbocycles. The van der Waals surface area contributed by atoms with Crippen LogP contribution >= 0.6 is 7.60 Å². The Morgan fingerprint density at radius 1 is 0.975 bits per heavy atom. The molecule has 3 amide bonds. The normalized spacial score (nSPS) is 21.4. The Bertz CT molecular complexity index is 1490. The summed E-state index contributed by atoms with van der Waals surface area (Å²) in [6.07, 6.45) is 0.0592. The number of carboxylic acids is 1. The second-order valence-electron chi connectivity index (χ2n) is 10.1. The van der Waals surface area contributed by atoms with E-state index in [0.29, 0.717) is 22.1 Å². The van der Waals surface area contributed by atoms with Crippen LogP contribution in [0.2, 0.25) is 0 Å². The lowest BCUT2D eigenvalue weighted by Gasteiger charge is -2.29. The third-order valence-corrected chi connectivity index (χ3v) is 8.81. The van der Waals surface area contributed by atoms with Crippen molar-refractivity contribution in [3.05, 3.63) is 83.4 Å². The van der Waals surface area contributed by atoms with Gasteiger partial charge in [-0.05, 0) is 41.8 Å². The lowest BCUT2D eigenvalue weighted by Crippen LogP contribution is -2.50. The quantitative estimate of drug-likeness (QED) is 0.192. The molecule has 1 saturated heterocycles. The molecule has 4 atom stereocenters. The molecule has 0 bridgehead atoms. The fourth-order valence-corrected chi connectivity index (χ4v) is 6.77. The Morgan fingerprint density at radius 3 is 2.17 bits per heavy atom. The van der Waals surface area contributed by atoms with Crippen molar-refractivity contribution in [2.24, 2.45) is 5.92 Å². The maximum Gasteiger partial charge on any atom is 0.342 e. The zero-order valence-corrected chi connectivity index (χ0v) is 22.2. The number of carbonyl (C=O) groups excluding carboxylic acids is 3. The van der Waals surface area contributed by atoms with Crippen LogP contribution in [-0.4, -0.2) is 67.9 Å². The molecule has 208 valence electrons. The third kappa shape index (κ3) is 5.41. The number of hydrogen-bond acceptors (Lipinski definition) is 6. The average molecular weight is 566 g/mol. The molecule has 2 heterocycles. The Balaban J connectivity index is 1.29. The van der Waals surface area contributed by atoms with Crippen molar-refractivity contribution in [2.75, 3.05) is 6.54 Å². The molecule has 3 aromatic rings. The number of nitrogens with zero attached hydrogens (tertiary/aromatic N) is 1. The molecular weight excluding hydrogens is 537 g/mol. The van der Waals surface area contributed by atoms with E-state index in [1.54, 1.807) is 54.6 Å². The van der Waals surface area contributed by atoms with Gasteiger partial charge in [0.25, 0.3) is 11.8 Å². The number of imide groups is 1. The first-order valence-corrected chi connectivity index (χ1v) is 14.5. The molecule has 0 aromatic heterocycles. The first kappa shape index (κ1) is 27.7. The van der Waals surface area contributed by atoms with E-state index in [4.69, 9.17) is 0 Å². The number of nitrogens with one attached hydrogen (secondary N) is 2. The molecule has 0 spiro atoms. The van der Waals surface area contributed by atoms with Crippen molar-refractivity contribution < 1.29 is 38.6 Å². The number of hydrogen-bond donors (Lipinski definition) is 5. The van der Waals surface area contributed by atoms with Crippen molar-refractivity contribution in [2.45, 2.75) is 37.1 Å². The lowest BCUT2D eigenvalue weighted by atomic mass is 9.93. The van der Waals surface area contributed by atoms with E-state index >= 15 is 0 Å². The fourth-order valence-electron chi connectivity index (χ4n) is 5.57. The van der Waals surface area contributed by atoms with Crippen LogP contribution in [0.5, 0.6) is 0 Å². The number of carboxylic acid groups (broad SMARTS) is 1. The fraction of sp³-hybridized carbons (Fsp3) is 0.286. The van der Waals surface area contributed by atoms with Gasteiger partial charge < -0.3 is 20.2 Å². The van der Waals surface area contributed by atoms with Crippen LogP contribution in [-0.2, 0) is 20.6 Å². The second kappa shape index (κ2) is 10.9. The summed E-state index contributed by atoms with van der Waals surface area (Å²) < 4.78 is 12.3. The molecule has 11 nitrogen and oxygen atoms in total. The zero-order valence-electron chi connectivity index (χ0n) is 21.3. The highest BCUT2D eigenvalue weighted by Gasteiger charge is 2.47. The summed E-state index contributed by atoms with van der Waals surface area (Å²) in [6.45, 7) is -0.106. The maximum atomic E-state index is 13.2. The van der Waals surface area contributed by atoms with Gasteiger partial charge in [0.2, 0.25) is 5.91 Å². The van der Waals surface area contributed by atoms with Crippen molar-refractivity contribution in [3.8, 4) is 0 Å². The highest BCUT2D eigenvalue weighted by atomic mass is 31.2. The minimum atomic E-state index is -4.74. The van der Waals surface area contributed by atoms with Crippen molar-refractivity contribution in [1.29, 1.82) is 0 Å². The Hall–Kier alpha value is -3.89. The molecule has 0 aliphatic carbocycles. The molecule has 0 unspecified atom stereocenters. The van der Waals surface area contributed by atoms with E-state index in [0.717, 1.165) is 10.3 Å². The summed E-state index contributed by atoms with van der Waals surface area (Å²) >= 11 is 0. The molecular formula is C28H28N3O8P. The standard InChI is InChI=1S/C28H28N3O8P/c32-24(29-22(28(35)36)14-16-6-2-1-3-7-16)21-15-18(25(30-21)40(37,38)39)12-13-31-26(33)19-10-4-8-17-9-5-11-20(23(17)19)27(31)34/h1-11,18,21-22,25,30H,12-15H2,(H,29,32)(H,35,36)(H2,37,38,39)/t18-,21+,22-,25+/m0/s1. The van der Waals surface area contributed by atoms with Gasteiger partial charge >= 0.3 is 13.6 Å². The van der Waals surface area contributed by atoms with Gasteiger partial charge in [-0.15, -0.1) is 0 Å². The minimum absolute atomic E-state index is 0.0122. The first-order chi connectivity index (χ1) is 19.0. The summed E-state index contributed by atoms with van der Waals surface area (Å²) in [7, 11) is -4.74. The summed E-state index contributed by atoms with van der Waals surface area (Å²) in [5, 5.41) is 16.1. The Labute approximate surface area is 229 Å². The van der Waals surface area contributed by atoms with Crippen LogP contribution in [0.4, 0.5) is 0 Å². The minimum Gasteiger partial charge on any atom is -0.480 e. The van der Waals surface area contributed by atoms with Gasteiger partial charge in [0.05, 0.1) is 6.04 Å². The predicted molar refractivity (Wildman–Crippen MR) is 145 cm³/mol. The molecule has 1 fully saturated rings. The van der Waals surface area contributed by atoms with E-state index < -0.39 is 55.1 Å². The monoisotopic (exact) mass is 565 g/mol. The van der Waals surface area contributed by atoms with Crippen LogP contribution < -0.4 is 10.6 Å². The second-order valence-corrected chi connectivity index (χ2v) is 11.8. The highest BCUT2D eigenvalue weighted by Crippen LogP contribution is 2.48. The van der Waals surface area contributed by atoms with Gasteiger partial charge in [0.1, 0.15) is 11.8 Å². The zero-order chi connectivity index (χ0) is 28.6. The van der Waals surface area contributed by atoms with Gasteiger partial charge in [-0.25, -0.2) is 4.79 Å². The summed E-state index contributed by atoms with van der Waals surface area (Å²) in [4.78, 5) is 72.3. The van der Waals surface area contributed by atoms with Gasteiger partial charge in [0.15, 0.2) is 0 Å². The summed E-state index contributed by atoms with van der Waals surface area (Å²) in [6, 6.07) is 16.8. The lowest BCUT2D eigenvalue weighted by molar-refractivity contribution is -0.142. The van der Waals surface area contributed by atoms with Crippen LogP contribution in [0, 0.1) is 5.92 Å². The number of aliphatic carboxylic acids is 1. The van der Waals surface area contributed by atoms with Gasteiger partial charge in [-0.2, -0.15) is 0 Å². The Morgan fingerprint density at radius 2 is 1.60 bits per heavy atom. The summed E-state index contributed by atoms with van der Waals surface area (Å²) in [5.41, 5.74) is 1.45. The first-order valence-electron chi connectivity index (χ1n) is 12.8. The van der Waals surface area contributed by atoms with Crippen LogP contribution in [0.3, 0.4) is 0 Å². The van der Waals surface area contributed by atoms with Crippen LogP contribution in [0.15, 0.2) is 66.7 Å². The Kier molecular flexibility index (Phi) is 7.57. The maximum absolute atomic E-state index is 13.2. The van der Waals surface area contributed by atoms with Crippen molar-refractivity contribution in [3.63, 3.8) is 0 Å². The van der Waals surface area contributed by atoms with E-state index in [1.807, 2.05) is 12.1 Å². The molecule has 3 aromatic carbocycles. The average Bonchev–Trinajstić information content (AvgIpc) is 3.37. The molecule has 0 radical (unpaired) electrons. The number of rotatable bonds is 9. The number of benzene rings is 3. The molecule has 5 N–H and O–H groups in total. The highest BCUT2D eigenvalue weighted by molar-refractivity contribution is 7.52. The van der Waals surface area contributed by atoms with Crippen molar-refractivity contribution in [1.82, 2.24) is 15.5 Å². The van der Waals surface area contributed by atoms with Crippen molar-refractivity contribution >= 4 is 42.1 Å². The third-order valence-electron chi connectivity index (χ3n) is 7.51. The van der Waals surface area contributed by atoms with E-state index in [2.05, 4.69) is 10.6 Å². The number of carbonyl (C=O) groups is 4. The molecule has 40 heavy (non-hydrogen) atoms. The molecule has 2 aliphatic rings.